The van der Waals surface area contributed by atoms with Crippen molar-refractivity contribution in [2.24, 2.45) is 17.3 Å². The number of carbonyl (C=O) groups is 1. The lowest BCUT2D eigenvalue weighted by Crippen LogP contribution is -2.53. The molecule has 2 rings (SSSR count). The highest BCUT2D eigenvalue weighted by molar-refractivity contribution is 6.36. The van der Waals surface area contributed by atoms with Crippen LogP contribution in [0.25, 0.3) is 5.53 Å². The van der Waals surface area contributed by atoms with E-state index in [1.54, 1.807) is 0 Å². The molecule has 1 atom stereocenters. The summed E-state index contributed by atoms with van der Waals surface area (Å²) in [6.45, 7) is 15.6. The molecule has 0 spiro atoms. The van der Waals surface area contributed by atoms with Gasteiger partial charge in [0.15, 0.2) is 0 Å². The number of hydrazine groups is 1. The third-order valence-electron chi connectivity index (χ3n) is 5.90. The number of benzene rings is 2. The van der Waals surface area contributed by atoms with E-state index in [4.69, 9.17) is 4.74 Å². The molecule has 0 saturated heterocycles. The Morgan fingerprint density at radius 2 is 1.46 bits per heavy atom. The van der Waals surface area contributed by atoms with Gasteiger partial charge in [-0.25, -0.2) is 15.2 Å². The van der Waals surface area contributed by atoms with Crippen molar-refractivity contribution in [1.82, 2.24) is 10.4 Å². The molecule has 190 valence electrons. The molecule has 0 fully saturated rings. The number of carbonyl (C=O) groups excluding carboxylic acids is 1. The third-order valence-corrected chi connectivity index (χ3v) is 5.90. The molecule has 35 heavy (non-hydrogen) atoms. The molecule has 0 aromatic heterocycles. The Morgan fingerprint density at radius 1 is 0.943 bits per heavy atom. The van der Waals surface area contributed by atoms with Crippen molar-refractivity contribution in [2.45, 2.75) is 80.1 Å². The van der Waals surface area contributed by atoms with Crippen LogP contribution >= 0.6 is 0 Å². The number of esters is 1. The maximum absolute atomic E-state index is 13.4. The first kappa shape index (κ1) is 28.4. The van der Waals surface area contributed by atoms with Gasteiger partial charge in [0.05, 0.1) is 0 Å². The SMILES string of the molecule is CC(C)C(OC(=O)C(=[N+]=[N-])[C@@H](CC(C)(C)C)N(Cc1ccccc1)NCc1ccccc1)C(C)C. The first-order chi connectivity index (χ1) is 16.5. The highest BCUT2D eigenvalue weighted by atomic mass is 16.5. The second kappa shape index (κ2) is 13.3. The summed E-state index contributed by atoms with van der Waals surface area (Å²) in [7, 11) is 0. The Morgan fingerprint density at radius 3 is 1.91 bits per heavy atom. The fraction of sp³-hybridized carbons (Fsp3) is 0.517. The van der Waals surface area contributed by atoms with E-state index in [9.17, 15) is 10.3 Å². The molecule has 6 nitrogen and oxygen atoms in total. The van der Waals surface area contributed by atoms with Crippen molar-refractivity contribution in [3.05, 3.63) is 77.3 Å². The van der Waals surface area contributed by atoms with E-state index in [2.05, 4.69) is 43.1 Å². The molecule has 2 aromatic carbocycles. The molecular formula is C29H42N4O2. The number of hydrogen-bond donors (Lipinski definition) is 1. The van der Waals surface area contributed by atoms with Crippen LogP contribution in [0.15, 0.2) is 60.7 Å². The van der Waals surface area contributed by atoms with Crippen molar-refractivity contribution < 1.29 is 14.3 Å². The van der Waals surface area contributed by atoms with E-state index in [1.165, 1.54) is 0 Å². The average Bonchev–Trinajstić information content (AvgIpc) is 2.80. The topological polar surface area (TPSA) is 78.0 Å². The smallest absolute Gasteiger partial charge is 0.419 e. The van der Waals surface area contributed by atoms with E-state index >= 15 is 0 Å². The number of ether oxygens (including phenoxy) is 1. The number of nitrogens with zero attached hydrogens (tertiary/aromatic N) is 3. The van der Waals surface area contributed by atoms with Crippen LogP contribution in [0.1, 0.15) is 66.0 Å². The van der Waals surface area contributed by atoms with Crippen LogP contribution in [-0.4, -0.2) is 33.6 Å². The van der Waals surface area contributed by atoms with Gasteiger partial charge in [-0.05, 0) is 34.8 Å². The number of nitrogens with one attached hydrogen (secondary N) is 1. The fourth-order valence-electron chi connectivity index (χ4n) is 4.25. The van der Waals surface area contributed by atoms with Gasteiger partial charge in [0, 0.05) is 13.1 Å². The molecule has 0 amide bonds. The first-order valence-corrected chi connectivity index (χ1v) is 12.5. The molecule has 0 radical (unpaired) electrons. The maximum atomic E-state index is 13.4. The summed E-state index contributed by atoms with van der Waals surface area (Å²) in [5.41, 5.74) is 15.7. The summed E-state index contributed by atoms with van der Waals surface area (Å²) in [6, 6.07) is 19.7. The van der Waals surface area contributed by atoms with Crippen LogP contribution in [0.4, 0.5) is 0 Å². The summed E-state index contributed by atoms with van der Waals surface area (Å²) in [5.74, 6) is -0.276. The van der Waals surface area contributed by atoms with Crippen LogP contribution in [0.2, 0.25) is 0 Å². The van der Waals surface area contributed by atoms with E-state index in [0.717, 1.165) is 11.1 Å². The van der Waals surface area contributed by atoms with Crippen LogP contribution in [0, 0.1) is 17.3 Å². The lowest BCUT2D eigenvalue weighted by atomic mass is 9.85. The predicted octanol–water partition coefficient (Wildman–Crippen LogP) is 5.89. The van der Waals surface area contributed by atoms with Crippen LogP contribution < -0.4 is 5.43 Å². The highest BCUT2D eigenvalue weighted by Crippen LogP contribution is 2.26. The minimum atomic E-state index is -0.575. The maximum Gasteiger partial charge on any atom is 0.419 e. The van der Waals surface area contributed by atoms with Crippen molar-refractivity contribution in [3.8, 4) is 0 Å². The van der Waals surface area contributed by atoms with E-state index < -0.39 is 12.0 Å². The summed E-state index contributed by atoms with van der Waals surface area (Å²) in [4.78, 5) is 16.9. The Kier molecular flexibility index (Phi) is 10.8. The highest BCUT2D eigenvalue weighted by Gasteiger charge is 2.41. The quantitative estimate of drug-likeness (QED) is 0.136. The zero-order valence-electron chi connectivity index (χ0n) is 22.4. The van der Waals surface area contributed by atoms with E-state index in [0.29, 0.717) is 19.5 Å². The molecule has 0 unspecified atom stereocenters. The van der Waals surface area contributed by atoms with Gasteiger partial charge < -0.3 is 10.3 Å². The first-order valence-electron chi connectivity index (χ1n) is 12.5. The largest absolute Gasteiger partial charge is 0.453 e. The van der Waals surface area contributed by atoms with E-state index in [1.807, 2.05) is 81.2 Å². The van der Waals surface area contributed by atoms with Gasteiger partial charge in [-0.15, -0.1) is 0 Å². The number of rotatable bonds is 12. The minimum Gasteiger partial charge on any atom is -0.453 e. The average molecular weight is 479 g/mol. The van der Waals surface area contributed by atoms with Gasteiger partial charge in [-0.3, -0.25) is 0 Å². The fourth-order valence-corrected chi connectivity index (χ4v) is 4.25. The summed E-state index contributed by atoms with van der Waals surface area (Å²) >= 11 is 0. The Labute approximate surface area is 211 Å². The van der Waals surface area contributed by atoms with Crippen molar-refractivity contribution in [1.29, 1.82) is 0 Å². The third kappa shape index (κ3) is 9.41. The normalized spacial score (nSPS) is 12.8. The van der Waals surface area contributed by atoms with Gasteiger partial charge in [-0.1, -0.05) is 109 Å². The minimum absolute atomic E-state index is 0.0164. The zero-order chi connectivity index (χ0) is 26.0. The zero-order valence-corrected chi connectivity index (χ0v) is 22.4. The second-order valence-corrected chi connectivity index (χ2v) is 11.1. The monoisotopic (exact) mass is 478 g/mol. The van der Waals surface area contributed by atoms with Gasteiger partial charge >= 0.3 is 11.7 Å². The lowest BCUT2D eigenvalue weighted by molar-refractivity contribution is -0.151. The molecule has 0 saturated carbocycles. The predicted molar refractivity (Wildman–Crippen MR) is 141 cm³/mol. The summed E-state index contributed by atoms with van der Waals surface area (Å²) in [5, 5.41) is 2.00. The molecule has 0 aliphatic carbocycles. The van der Waals surface area contributed by atoms with Crippen LogP contribution in [-0.2, 0) is 22.6 Å². The molecule has 2 aromatic rings. The van der Waals surface area contributed by atoms with Crippen molar-refractivity contribution in [2.75, 3.05) is 0 Å². The van der Waals surface area contributed by atoms with Crippen molar-refractivity contribution >= 4 is 11.7 Å². The standard InChI is InChI=1S/C29H42N4O2/c1-21(2)27(22(3)4)35-28(34)26(32-30)25(18-29(5,6)7)33(20-24-16-12-9-13-17-24)31-19-23-14-10-8-11-15-23/h8-17,21-22,25,27,31H,18-20H2,1-7H3/t25-/m1/s1. The van der Waals surface area contributed by atoms with Gasteiger partial charge in [-0.2, -0.15) is 4.79 Å². The van der Waals surface area contributed by atoms with Gasteiger partial charge in [0.25, 0.3) is 0 Å². The Hall–Kier alpha value is -2.79. The van der Waals surface area contributed by atoms with Crippen LogP contribution in [0.3, 0.4) is 0 Å². The lowest BCUT2D eigenvalue weighted by Gasteiger charge is -2.33. The molecular weight excluding hydrogens is 436 g/mol. The Bertz CT molecular complexity index is 953. The van der Waals surface area contributed by atoms with Gasteiger partial charge in [0.2, 0.25) is 0 Å². The molecule has 0 aliphatic rings. The van der Waals surface area contributed by atoms with Crippen molar-refractivity contribution in [3.63, 3.8) is 0 Å². The summed E-state index contributed by atoms with van der Waals surface area (Å²) < 4.78 is 5.90. The van der Waals surface area contributed by atoms with Crippen LogP contribution in [0.5, 0.6) is 0 Å². The molecule has 0 heterocycles. The molecule has 0 aliphatic heterocycles. The molecule has 1 N–H and O–H groups in total. The number of hydrogen-bond acceptors (Lipinski definition) is 4. The molecule has 0 bridgehead atoms. The van der Waals surface area contributed by atoms with Gasteiger partial charge in [0.1, 0.15) is 12.1 Å². The molecule has 6 heteroatoms. The summed E-state index contributed by atoms with van der Waals surface area (Å²) in [6.07, 6.45) is 0.318. The Balaban J connectivity index is 2.42. The van der Waals surface area contributed by atoms with E-state index in [-0.39, 0.29) is 29.1 Å². The second-order valence-electron chi connectivity index (χ2n) is 11.1.